The highest BCUT2D eigenvalue weighted by atomic mass is 15.2. The molecule has 2 atom stereocenters. The van der Waals surface area contributed by atoms with Gasteiger partial charge in [0.05, 0.1) is 0 Å². The fraction of sp³-hybridized carbons (Fsp3) is 1.00. The standard InChI is InChI=1S/C8H15N/c1-7-4-6-9-5-2-3-8(7)9/h7-8H,2-6H2,1H3/t7?,8-/m0/s1. The van der Waals surface area contributed by atoms with E-state index < -0.39 is 0 Å². The third-order valence-electron chi connectivity index (χ3n) is 2.94. The van der Waals surface area contributed by atoms with Crippen molar-refractivity contribution in [1.82, 2.24) is 4.90 Å². The highest BCUT2D eigenvalue weighted by Gasteiger charge is 2.33. The van der Waals surface area contributed by atoms with Crippen LogP contribution in [-0.4, -0.2) is 24.0 Å². The lowest BCUT2D eigenvalue weighted by molar-refractivity contribution is 0.298. The summed E-state index contributed by atoms with van der Waals surface area (Å²) in [5, 5.41) is 0. The van der Waals surface area contributed by atoms with Crippen molar-refractivity contribution in [1.29, 1.82) is 0 Å². The first-order valence-electron chi connectivity index (χ1n) is 4.12. The summed E-state index contributed by atoms with van der Waals surface area (Å²) in [6.45, 7) is 5.16. The largest absolute Gasteiger partial charge is 0.300 e. The zero-order valence-corrected chi connectivity index (χ0v) is 6.14. The topological polar surface area (TPSA) is 3.24 Å². The minimum Gasteiger partial charge on any atom is -0.300 e. The molecule has 2 saturated heterocycles. The Labute approximate surface area is 57.0 Å². The van der Waals surface area contributed by atoms with E-state index in [1.54, 1.807) is 0 Å². The van der Waals surface area contributed by atoms with E-state index in [0.717, 1.165) is 12.0 Å². The van der Waals surface area contributed by atoms with Crippen LogP contribution in [0.3, 0.4) is 0 Å². The van der Waals surface area contributed by atoms with E-state index in [1.165, 1.54) is 32.4 Å². The van der Waals surface area contributed by atoms with Crippen molar-refractivity contribution in [2.45, 2.75) is 32.2 Å². The second-order valence-corrected chi connectivity index (χ2v) is 3.51. The summed E-state index contributed by atoms with van der Waals surface area (Å²) in [4.78, 5) is 2.66. The van der Waals surface area contributed by atoms with Crippen molar-refractivity contribution < 1.29 is 0 Å². The summed E-state index contributed by atoms with van der Waals surface area (Å²) < 4.78 is 0. The van der Waals surface area contributed by atoms with E-state index in [4.69, 9.17) is 0 Å². The van der Waals surface area contributed by atoms with Crippen molar-refractivity contribution in [3.63, 3.8) is 0 Å². The molecule has 2 aliphatic heterocycles. The highest BCUT2D eigenvalue weighted by Crippen LogP contribution is 2.31. The molecule has 0 radical (unpaired) electrons. The molecule has 2 fully saturated rings. The van der Waals surface area contributed by atoms with Gasteiger partial charge in [0.15, 0.2) is 0 Å². The molecular weight excluding hydrogens is 110 g/mol. The smallest absolute Gasteiger partial charge is 0.0122 e. The molecule has 1 unspecified atom stereocenters. The van der Waals surface area contributed by atoms with Gasteiger partial charge >= 0.3 is 0 Å². The van der Waals surface area contributed by atoms with Crippen molar-refractivity contribution in [2.75, 3.05) is 13.1 Å². The molecular formula is C8H15N. The predicted octanol–water partition coefficient (Wildman–Crippen LogP) is 1.49. The van der Waals surface area contributed by atoms with Gasteiger partial charge in [-0.15, -0.1) is 0 Å². The van der Waals surface area contributed by atoms with Crippen LogP contribution in [0.15, 0.2) is 0 Å². The SMILES string of the molecule is CC1CCN2CCC[C@@H]12. The molecule has 1 nitrogen and oxygen atoms in total. The van der Waals surface area contributed by atoms with Gasteiger partial charge in [0.2, 0.25) is 0 Å². The molecule has 0 aromatic rings. The predicted molar refractivity (Wildman–Crippen MR) is 38.4 cm³/mol. The summed E-state index contributed by atoms with van der Waals surface area (Å²) in [5.41, 5.74) is 0. The molecule has 0 saturated carbocycles. The Hall–Kier alpha value is -0.0400. The highest BCUT2D eigenvalue weighted by molar-refractivity contribution is 4.88. The zero-order chi connectivity index (χ0) is 6.27. The molecule has 0 aromatic heterocycles. The summed E-state index contributed by atoms with van der Waals surface area (Å²) >= 11 is 0. The molecule has 1 heteroatoms. The molecule has 0 spiro atoms. The Kier molecular flexibility index (Phi) is 1.26. The average Bonchev–Trinajstić information content (AvgIpc) is 2.35. The van der Waals surface area contributed by atoms with Crippen molar-refractivity contribution in [2.24, 2.45) is 5.92 Å². The zero-order valence-electron chi connectivity index (χ0n) is 6.14. The summed E-state index contributed by atoms with van der Waals surface area (Å²) in [7, 11) is 0. The molecule has 0 aliphatic carbocycles. The number of rotatable bonds is 0. The fourth-order valence-electron chi connectivity index (χ4n) is 2.34. The van der Waals surface area contributed by atoms with Gasteiger partial charge in [-0.25, -0.2) is 0 Å². The van der Waals surface area contributed by atoms with Crippen molar-refractivity contribution >= 4 is 0 Å². The van der Waals surface area contributed by atoms with Crippen LogP contribution in [0.5, 0.6) is 0 Å². The van der Waals surface area contributed by atoms with Gasteiger partial charge in [0, 0.05) is 6.04 Å². The lowest BCUT2D eigenvalue weighted by atomic mass is 10.0. The Morgan fingerprint density at radius 2 is 2.11 bits per heavy atom. The molecule has 0 aromatic carbocycles. The maximum Gasteiger partial charge on any atom is 0.0122 e. The van der Waals surface area contributed by atoms with E-state index in [0.29, 0.717) is 0 Å². The van der Waals surface area contributed by atoms with Crippen molar-refractivity contribution in [3.05, 3.63) is 0 Å². The van der Waals surface area contributed by atoms with Gasteiger partial charge < -0.3 is 4.90 Å². The third kappa shape index (κ3) is 0.787. The van der Waals surface area contributed by atoms with Gasteiger partial charge in [-0.2, -0.15) is 0 Å². The molecule has 0 amide bonds. The van der Waals surface area contributed by atoms with Crippen LogP contribution in [0, 0.1) is 5.92 Å². The molecule has 9 heavy (non-hydrogen) atoms. The number of hydrogen-bond donors (Lipinski definition) is 0. The lowest BCUT2D eigenvalue weighted by Gasteiger charge is -2.16. The quantitative estimate of drug-likeness (QED) is 0.474. The molecule has 2 rings (SSSR count). The molecule has 2 aliphatic rings. The van der Waals surface area contributed by atoms with Gasteiger partial charge in [-0.3, -0.25) is 0 Å². The first-order chi connectivity index (χ1) is 4.38. The minimum absolute atomic E-state index is 0.977. The van der Waals surface area contributed by atoms with E-state index in [1.807, 2.05) is 0 Å². The van der Waals surface area contributed by atoms with Crippen LogP contribution in [0.1, 0.15) is 26.2 Å². The summed E-state index contributed by atoms with van der Waals surface area (Å²) in [6.07, 6.45) is 4.38. The number of fused-ring (bicyclic) bond motifs is 1. The van der Waals surface area contributed by atoms with Gasteiger partial charge in [-0.1, -0.05) is 6.92 Å². The molecule has 0 bridgehead atoms. The second-order valence-electron chi connectivity index (χ2n) is 3.51. The van der Waals surface area contributed by atoms with Crippen LogP contribution in [0.2, 0.25) is 0 Å². The van der Waals surface area contributed by atoms with Crippen LogP contribution in [0.4, 0.5) is 0 Å². The Morgan fingerprint density at radius 1 is 1.22 bits per heavy atom. The van der Waals surface area contributed by atoms with E-state index in [-0.39, 0.29) is 0 Å². The van der Waals surface area contributed by atoms with Gasteiger partial charge in [0.1, 0.15) is 0 Å². The van der Waals surface area contributed by atoms with Gasteiger partial charge in [-0.05, 0) is 38.3 Å². The normalized spacial score (nSPS) is 43.7. The minimum atomic E-state index is 0.977. The van der Waals surface area contributed by atoms with Crippen LogP contribution < -0.4 is 0 Å². The molecule has 2 heterocycles. The maximum absolute atomic E-state index is 2.66. The van der Waals surface area contributed by atoms with Gasteiger partial charge in [0.25, 0.3) is 0 Å². The summed E-state index contributed by atoms with van der Waals surface area (Å²) in [5.74, 6) is 0.993. The fourth-order valence-corrected chi connectivity index (χ4v) is 2.34. The Morgan fingerprint density at radius 3 is 2.89 bits per heavy atom. The first-order valence-corrected chi connectivity index (χ1v) is 4.12. The number of hydrogen-bond acceptors (Lipinski definition) is 1. The lowest BCUT2D eigenvalue weighted by Crippen LogP contribution is -2.24. The van der Waals surface area contributed by atoms with E-state index >= 15 is 0 Å². The molecule has 0 N–H and O–H groups in total. The van der Waals surface area contributed by atoms with Crippen molar-refractivity contribution in [3.8, 4) is 0 Å². The second kappa shape index (κ2) is 1.98. The maximum atomic E-state index is 2.66. The Balaban J connectivity index is 2.07. The summed E-state index contributed by atoms with van der Waals surface area (Å²) in [6, 6.07) is 0.977. The molecule has 52 valence electrons. The van der Waals surface area contributed by atoms with E-state index in [9.17, 15) is 0 Å². The third-order valence-corrected chi connectivity index (χ3v) is 2.94. The van der Waals surface area contributed by atoms with Crippen LogP contribution in [-0.2, 0) is 0 Å². The monoisotopic (exact) mass is 125 g/mol. The van der Waals surface area contributed by atoms with E-state index in [2.05, 4.69) is 11.8 Å². The van der Waals surface area contributed by atoms with Crippen LogP contribution >= 0.6 is 0 Å². The average molecular weight is 125 g/mol. The number of nitrogens with zero attached hydrogens (tertiary/aromatic N) is 1. The van der Waals surface area contributed by atoms with Crippen LogP contribution in [0.25, 0.3) is 0 Å². The first kappa shape index (κ1) is 5.72. The Bertz CT molecular complexity index is 111.